The monoisotopic (exact) mass is 412 g/mol. The standard InChI is InChI=1S/C24H32N2O4/c1-2-29-21-11-4-3-9-19(21)23-20-10-5-6-12-24(20,28)13-14-26(23)17-22(27)25-16-18-8-7-15-30-18/h3-4,7-9,11,15,20,23,28H,2,5-6,10,12-14,16-17H2,1H3,(H,25,27)/t20-,23+,24-/m0/s1. The Morgan fingerprint density at radius 2 is 2.13 bits per heavy atom. The summed E-state index contributed by atoms with van der Waals surface area (Å²) in [5, 5.41) is 14.4. The Balaban J connectivity index is 1.57. The number of furan rings is 1. The van der Waals surface area contributed by atoms with Crippen molar-refractivity contribution in [3.63, 3.8) is 0 Å². The highest BCUT2D eigenvalue weighted by molar-refractivity contribution is 5.78. The molecule has 1 aromatic carbocycles. The van der Waals surface area contributed by atoms with Gasteiger partial charge in [-0.2, -0.15) is 0 Å². The minimum absolute atomic E-state index is 0.0356. The van der Waals surface area contributed by atoms with Gasteiger partial charge in [-0.15, -0.1) is 0 Å². The summed E-state index contributed by atoms with van der Waals surface area (Å²) in [6.45, 7) is 3.93. The van der Waals surface area contributed by atoms with Crippen LogP contribution in [0.3, 0.4) is 0 Å². The molecule has 4 rings (SSSR count). The van der Waals surface area contributed by atoms with Crippen LogP contribution >= 0.6 is 0 Å². The lowest BCUT2D eigenvalue weighted by molar-refractivity contribution is -0.138. The Bertz CT molecular complexity index is 837. The second-order valence-electron chi connectivity index (χ2n) is 8.45. The van der Waals surface area contributed by atoms with E-state index in [0.29, 0.717) is 32.7 Å². The first-order chi connectivity index (χ1) is 14.6. The number of carbonyl (C=O) groups excluding carboxylic acids is 1. The van der Waals surface area contributed by atoms with Crippen LogP contribution in [0.5, 0.6) is 5.75 Å². The first-order valence-corrected chi connectivity index (χ1v) is 11.1. The quantitative estimate of drug-likeness (QED) is 0.726. The Morgan fingerprint density at radius 1 is 1.27 bits per heavy atom. The minimum Gasteiger partial charge on any atom is -0.494 e. The molecule has 6 nitrogen and oxygen atoms in total. The molecule has 6 heteroatoms. The van der Waals surface area contributed by atoms with E-state index < -0.39 is 5.60 Å². The second kappa shape index (κ2) is 9.23. The van der Waals surface area contributed by atoms with E-state index in [2.05, 4.69) is 16.3 Å². The summed E-state index contributed by atoms with van der Waals surface area (Å²) in [6, 6.07) is 11.7. The predicted octanol–water partition coefficient (Wildman–Crippen LogP) is 3.66. The summed E-state index contributed by atoms with van der Waals surface area (Å²) < 4.78 is 11.2. The molecule has 2 aromatic rings. The SMILES string of the molecule is CCOc1ccccc1[C@@H]1[C@@H]2CCCC[C@]2(O)CCN1CC(=O)NCc1ccco1. The molecule has 0 radical (unpaired) electrons. The number of nitrogens with one attached hydrogen (secondary N) is 1. The van der Waals surface area contributed by atoms with Crippen molar-refractivity contribution in [3.8, 4) is 5.75 Å². The Hall–Kier alpha value is -2.31. The number of ether oxygens (including phenoxy) is 1. The van der Waals surface area contributed by atoms with Gasteiger partial charge in [0.25, 0.3) is 0 Å². The molecule has 1 amide bonds. The van der Waals surface area contributed by atoms with Crippen molar-refractivity contribution in [1.82, 2.24) is 10.2 Å². The average Bonchev–Trinajstić information content (AvgIpc) is 3.27. The topological polar surface area (TPSA) is 74.9 Å². The highest BCUT2D eigenvalue weighted by Crippen LogP contribution is 2.50. The molecule has 1 aromatic heterocycles. The van der Waals surface area contributed by atoms with Gasteiger partial charge in [-0.25, -0.2) is 0 Å². The van der Waals surface area contributed by atoms with E-state index in [9.17, 15) is 9.90 Å². The molecule has 30 heavy (non-hydrogen) atoms. The number of benzene rings is 1. The summed E-state index contributed by atoms with van der Waals surface area (Å²) in [5.41, 5.74) is 0.409. The highest BCUT2D eigenvalue weighted by Gasteiger charge is 2.49. The summed E-state index contributed by atoms with van der Waals surface area (Å²) >= 11 is 0. The van der Waals surface area contributed by atoms with E-state index in [1.807, 2.05) is 37.3 Å². The zero-order chi connectivity index (χ0) is 21.0. The fourth-order valence-corrected chi connectivity index (χ4v) is 5.18. The summed E-state index contributed by atoms with van der Waals surface area (Å²) in [7, 11) is 0. The molecule has 0 unspecified atom stereocenters. The first-order valence-electron chi connectivity index (χ1n) is 11.1. The van der Waals surface area contributed by atoms with E-state index in [-0.39, 0.29) is 17.9 Å². The summed E-state index contributed by atoms with van der Waals surface area (Å²) in [5.74, 6) is 1.65. The molecule has 3 atom stereocenters. The zero-order valence-corrected chi connectivity index (χ0v) is 17.7. The van der Waals surface area contributed by atoms with Crippen LogP contribution in [0.4, 0.5) is 0 Å². The number of likely N-dealkylation sites (tertiary alicyclic amines) is 1. The largest absolute Gasteiger partial charge is 0.494 e. The van der Waals surface area contributed by atoms with Gasteiger partial charge in [0.05, 0.1) is 31.6 Å². The van der Waals surface area contributed by atoms with E-state index >= 15 is 0 Å². The molecular weight excluding hydrogens is 380 g/mol. The van der Waals surface area contributed by atoms with E-state index in [1.54, 1.807) is 6.26 Å². The second-order valence-corrected chi connectivity index (χ2v) is 8.45. The number of fused-ring (bicyclic) bond motifs is 1. The predicted molar refractivity (Wildman–Crippen MR) is 114 cm³/mol. The van der Waals surface area contributed by atoms with Crippen molar-refractivity contribution in [2.45, 2.75) is 57.2 Å². The highest BCUT2D eigenvalue weighted by atomic mass is 16.5. The smallest absolute Gasteiger partial charge is 0.234 e. The van der Waals surface area contributed by atoms with Crippen molar-refractivity contribution in [3.05, 3.63) is 54.0 Å². The molecule has 2 fully saturated rings. The van der Waals surface area contributed by atoms with E-state index in [1.165, 1.54) is 0 Å². The number of rotatable bonds is 7. The van der Waals surface area contributed by atoms with Crippen molar-refractivity contribution in [2.75, 3.05) is 19.7 Å². The van der Waals surface area contributed by atoms with Gasteiger partial charge in [0.1, 0.15) is 11.5 Å². The molecule has 1 saturated carbocycles. The Labute approximate surface area is 178 Å². The van der Waals surface area contributed by atoms with Crippen molar-refractivity contribution < 1.29 is 19.1 Å². The molecule has 0 spiro atoms. The van der Waals surface area contributed by atoms with Crippen LogP contribution in [-0.2, 0) is 11.3 Å². The normalized spacial score (nSPS) is 26.7. The van der Waals surface area contributed by atoms with Crippen molar-refractivity contribution in [2.24, 2.45) is 5.92 Å². The number of aliphatic hydroxyl groups is 1. The third-order valence-electron chi connectivity index (χ3n) is 6.60. The molecule has 1 aliphatic heterocycles. The van der Waals surface area contributed by atoms with Crippen LogP contribution in [-0.4, -0.2) is 41.2 Å². The number of carbonyl (C=O) groups is 1. The number of nitrogens with zero attached hydrogens (tertiary/aromatic N) is 1. The van der Waals surface area contributed by atoms with Gasteiger partial charge in [0, 0.05) is 24.1 Å². The fraction of sp³-hybridized carbons (Fsp3) is 0.542. The molecule has 1 aliphatic carbocycles. The number of piperidine rings is 1. The third-order valence-corrected chi connectivity index (χ3v) is 6.60. The van der Waals surface area contributed by atoms with Crippen LogP contribution < -0.4 is 10.1 Å². The van der Waals surface area contributed by atoms with Crippen LogP contribution in [0.25, 0.3) is 0 Å². The van der Waals surface area contributed by atoms with Crippen LogP contribution in [0.1, 0.15) is 56.4 Å². The average molecular weight is 413 g/mol. The Morgan fingerprint density at radius 3 is 2.93 bits per heavy atom. The fourth-order valence-electron chi connectivity index (χ4n) is 5.18. The maximum absolute atomic E-state index is 12.7. The molecule has 2 heterocycles. The number of hydrogen-bond acceptors (Lipinski definition) is 5. The van der Waals surface area contributed by atoms with E-state index in [0.717, 1.165) is 42.8 Å². The van der Waals surface area contributed by atoms with Gasteiger partial charge < -0.3 is 19.6 Å². The van der Waals surface area contributed by atoms with Crippen LogP contribution in [0.2, 0.25) is 0 Å². The van der Waals surface area contributed by atoms with Crippen LogP contribution in [0, 0.1) is 5.92 Å². The first kappa shape index (κ1) is 20.9. The minimum atomic E-state index is -0.663. The van der Waals surface area contributed by atoms with Crippen molar-refractivity contribution >= 4 is 5.91 Å². The Kier molecular flexibility index (Phi) is 6.44. The number of amides is 1. The van der Waals surface area contributed by atoms with Gasteiger partial charge in [0.15, 0.2) is 0 Å². The zero-order valence-electron chi connectivity index (χ0n) is 17.7. The lowest BCUT2D eigenvalue weighted by Gasteiger charge is -2.52. The van der Waals surface area contributed by atoms with Gasteiger partial charge in [-0.05, 0) is 44.4 Å². The number of hydrogen-bond donors (Lipinski definition) is 2. The van der Waals surface area contributed by atoms with Gasteiger partial charge >= 0.3 is 0 Å². The third kappa shape index (κ3) is 4.40. The van der Waals surface area contributed by atoms with E-state index in [4.69, 9.17) is 9.15 Å². The van der Waals surface area contributed by atoms with Crippen molar-refractivity contribution in [1.29, 1.82) is 0 Å². The molecular formula is C24H32N2O4. The summed E-state index contributed by atoms with van der Waals surface area (Å²) in [4.78, 5) is 15.0. The van der Waals surface area contributed by atoms with Gasteiger partial charge in [0.2, 0.25) is 5.91 Å². The molecule has 1 saturated heterocycles. The maximum Gasteiger partial charge on any atom is 0.234 e. The summed E-state index contributed by atoms with van der Waals surface area (Å²) in [6.07, 6.45) is 6.29. The molecule has 2 N–H and O–H groups in total. The molecule has 162 valence electrons. The van der Waals surface area contributed by atoms with Crippen LogP contribution in [0.15, 0.2) is 47.1 Å². The lowest BCUT2D eigenvalue weighted by atomic mass is 9.66. The lowest BCUT2D eigenvalue weighted by Crippen LogP contribution is -2.56. The van der Waals surface area contributed by atoms with Gasteiger partial charge in [-0.1, -0.05) is 31.0 Å². The molecule has 0 bridgehead atoms. The molecule has 2 aliphatic rings. The van der Waals surface area contributed by atoms with Gasteiger partial charge in [-0.3, -0.25) is 9.69 Å². The number of para-hydroxylation sites is 1. The maximum atomic E-state index is 12.7.